The lowest BCUT2D eigenvalue weighted by atomic mass is 9.99. The Morgan fingerprint density at radius 1 is 1.29 bits per heavy atom. The molecule has 0 atom stereocenters. The Labute approximate surface area is 104 Å². The highest BCUT2D eigenvalue weighted by Gasteiger charge is 2.11. The zero-order chi connectivity index (χ0) is 12.8. The molecule has 0 radical (unpaired) electrons. The molecular weight excluding hydrogens is 212 g/mol. The molecule has 2 nitrogen and oxygen atoms in total. The van der Waals surface area contributed by atoms with Crippen molar-refractivity contribution in [2.45, 2.75) is 53.1 Å². The van der Waals surface area contributed by atoms with Gasteiger partial charge < -0.3 is 4.74 Å². The minimum Gasteiger partial charge on any atom is -0.491 e. The summed E-state index contributed by atoms with van der Waals surface area (Å²) in [5.41, 5.74) is 1.94. The molecule has 0 unspecified atom stereocenters. The van der Waals surface area contributed by atoms with Gasteiger partial charge in [0.1, 0.15) is 5.75 Å². The zero-order valence-electron chi connectivity index (χ0n) is 11.2. The van der Waals surface area contributed by atoms with Crippen LogP contribution in [0.3, 0.4) is 0 Å². The van der Waals surface area contributed by atoms with Crippen LogP contribution >= 0.6 is 0 Å². The summed E-state index contributed by atoms with van der Waals surface area (Å²) in [6, 6.07) is 5.78. The summed E-state index contributed by atoms with van der Waals surface area (Å²) in [6.07, 6.45) is 2.54. The van der Waals surface area contributed by atoms with Crippen molar-refractivity contribution in [1.29, 1.82) is 0 Å². The van der Waals surface area contributed by atoms with Crippen LogP contribution in [-0.2, 0) is 6.42 Å². The van der Waals surface area contributed by atoms with E-state index in [-0.39, 0.29) is 11.9 Å². The largest absolute Gasteiger partial charge is 0.491 e. The van der Waals surface area contributed by atoms with Crippen molar-refractivity contribution in [1.82, 2.24) is 0 Å². The first-order chi connectivity index (χ1) is 8.08. The van der Waals surface area contributed by atoms with Crippen LogP contribution in [0.1, 0.15) is 56.5 Å². The number of ether oxygens (including phenoxy) is 1. The van der Waals surface area contributed by atoms with Crippen LogP contribution < -0.4 is 4.74 Å². The van der Waals surface area contributed by atoms with E-state index in [1.807, 2.05) is 39.0 Å². The third kappa shape index (κ3) is 3.88. The van der Waals surface area contributed by atoms with Crippen molar-refractivity contribution in [2.24, 2.45) is 0 Å². The third-order valence-corrected chi connectivity index (χ3v) is 2.61. The quantitative estimate of drug-likeness (QED) is 0.695. The molecule has 0 saturated carbocycles. The monoisotopic (exact) mass is 234 g/mol. The summed E-state index contributed by atoms with van der Waals surface area (Å²) in [6.45, 7) is 8.10. The van der Waals surface area contributed by atoms with Gasteiger partial charge >= 0.3 is 0 Å². The Balaban J connectivity index is 2.96. The van der Waals surface area contributed by atoms with Crippen LogP contribution in [0.4, 0.5) is 0 Å². The van der Waals surface area contributed by atoms with Crippen LogP contribution in [0.15, 0.2) is 18.2 Å². The van der Waals surface area contributed by atoms with E-state index in [0.717, 1.165) is 29.7 Å². The molecule has 0 aliphatic carbocycles. The van der Waals surface area contributed by atoms with Gasteiger partial charge in [-0.2, -0.15) is 0 Å². The maximum atomic E-state index is 11.9. The second-order valence-corrected chi connectivity index (χ2v) is 4.51. The highest BCUT2D eigenvalue weighted by molar-refractivity contribution is 5.97. The number of rotatable bonds is 6. The van der Waals surface area contributed by atoms with Crippen molar-refractivity contribution in [3.63, 3.8) is 0 Å². The minimum absolute atomic E-state index is 0.164. The molecule has 17 heavy (non-hydrogen) atoms. The molecule has 0 amide bonds. The fourth-order valence-corrected chi connectivity index (χ4v) is 1.84. The van der Waals surface area contributed by atoms with E-state index in [4.69, 9.17) is 4.74 Å². The van der Waals surface area contributed by atoms with E-state index < -0.39 is 0 Å². The van der Waals surface area contributed by atoms with Gasteiger partial charge in [-0.1, -0.05) is 13.8 Å². The molecule has 0 aromatic heterocycles. The van der Waals surface area contributed by atoms with Gasteiger partial charge in [-0.15, -0.1) is 0 Å². The standard InChI is InChI=1S/C15H22O2/c1-5-7-15(16)14-9-8-13(17-11(3)4)10-12(14)6-2/h8-11H,5-7H2,1-4H3. The summed E-state index contributed by atoms with van der Waals surface area (Å²) in [4.78, 5) is 11.9. The fourth-order valence-electron chi connectivity index (χ4n) is 1.84. The number of Topliss-reactive ketones (excluding diaryl/α,β-unsaturated/α-hetero) is 1. The normalized spacial score (nSPS) is 10.6. The lowest BCUT2D eigenvalue weighted by Gasteiger charge is -2.13. The van der Waals surface area contributed by atoms with Gasteiger partial charge in [0, 0.05) is 12.0 Å². The molecule has 0 N–H and O–H groups in total. The third-order valence-electron chi connectivity index (χ3n) is 2.61. The summed E-state index contributed by atoms with van der Waals surface area (Å²) in [7, 11) is 0. The van der Waals surface area contributed by atoms with Gasteiger partial charge in [-0.3, -0.25) is 4.79 Å². The highest BCUT2D eigenvalue weighted by Crippen LogP contribution is 2.21. The molecule has 0 heterocycles. The molecule has 0 bridgehead atoms. The van der Waals surface area contributed by atoms with Gasteiger partial charge in [0.2, 0.25) is 0 Å². The number of ketones is 1. The van der Waals surface area contributed by atoms with Crippen molar-refractivity contribution < 1.29 is 9.53 Å². The van der Waals surface area contributed by atoms with Gasteiger partial charge in [0.05, 0.1) is 6.10 Å². The molecule has 0 aliphatic rings. The van der Waals surface area contributed by atoms with E-state index in [1.165, 1.54) is 0 Å². The SMILES string of the molecule is CCCC(=O)c1ccc(OC(C)C)cc1CC. The number of hydrogen-bond donors (Lipinski definition) is 0. The summed E-state index contributed by atoms with van der Waals surface area (Å²) < 4.78 is 5.64. The second kappa shape index (κ2) is 6.43. The molecule has 2 heteroatoms. The number of carbonyl (C=O) groups is 1. The second-order valence-electron chi connectivity index (χ2n) is 4.51. The first-order valence-electron chi connectivity index (χ1n) is 6.41. The Hall–Kier alpha value is -1.31. The van der Waals surface area contributed by atoms with Crippen molar-refractivity contribution in [3.8, 4) is 5.75 Å². The Bertz CT molecular complexity index is 381. The highest BCUT2D eigenvalue weighted by atomic mass is 16.5. The average Bonchev–Trinajstić information content (AvgIpc) is 2.28. The van der Waals surface area contributed by atoms with Crippen molar-refractivity contribution in [3.05, 3.63) is 29.3 Å². The van der Waals surface area contributed by atoms with E-state index in [9.17, 15) is 4.79 Å². The first kappa shape index (κ1) is 13.8. The molecule has 0 fully saturated rings. The van der Waals surface area contributed by atoms with Crippen molar-refractivity contribution >= 4 is 5.78 Å². The van der Waals surface area contributed by atoms with Crippen LogP contribution in [-0.4, -0.2) is 11.9 Å². The maximum Gasteiger partial charge on any atom is 0.163 e. The Kier molecular flexibility index (Phi) is 5.20. The molecule has 1 aromatic carbocycles. The number of benzene rings is 1. The maximum absolute atomic E-state index is 11.9. The van der Waals surface area contributed by atoms with Crippen LogP contribution in [0.25, 0.3) is 0 Å². The van der Waals surface area contributed by atoms with Gasteiger partial charge in [0.15, 0.2) is 5.78 Å². The van der Waals surface area contributed by atoms with Gasteiger partial charge in [-0.25, -0.2) is 0 Å². The first-order valence-corrected chi connectivity index (χ1v) is 6.41. The van der Waals surface area contributed by atoms with E-state index >= 15 is 0 Å². The molecule has 1 rings (SSSR count). The molecule has 0 aliphatic heterocycles. The van der Waals surface area contributed by atoms with E-state index in [1.54, 1.807) is 0 Å². The average molecular weight is 234 g/mol. The van der Waals surface area contributed by atoms with E-state index in [2.05, 4.69) is 6.92 Å². The van der Waals surface area contributed by atoms with Crippen molar-refractivity contribution in [2.75, 3.05) is 0 Å². The topological polar surface area (TPSA) is 26.3 Å². The summed E-state index contributed by atoms with van der Waals surface area (Å²) >= 11 is 0. The Morgan fingerprint density at radius 2 is 2.00 bits per heavy atom. The van der Waals surface area contributed by atoms with E-state index in [0.29, 0.717) is 6.42 Å². The number of hydrogen-bond acceptors (Lipinski definition) is 2. The zero-order valence-corrected chi connectivity index (χ0v) is 11.2. The lowest BCUT2D eigenvalue weighted by Crippen LogP contribution is -2.08. The number of carbonyl (C=O) groups excluding carboxylic acids is 1. The Morgan fingerprint density at radius 3 is 2.53 bits per heavy atom. The van der Waals surface area contributed by atoms with Gasteiger partial charge in [-0.05, 0) is 50.5 Å². The van der Waals surface area contributed by atoms with Gasteiger partial charge in [0.25, 0.3) is 0 Å². The number of aryl methyl sites for hydroxylation is 1. The molecule has 94 valence electrons. The van der Waals surface area contributed by atoms with Crippen LogP contribution in [0.5, 0.6) is 5.75 Å². The summed E-state index contributed by atoms with van der Waals surface area (Å²) in [5, 5.41) is 0. The molecule has 0 saturated heterocycles. The predicted molar refractivity (Wildman–Crippen MR) is 70.8 cm³/mol. The lowest BCUT2D eigenvalue weighted by molar-refractivity contribution is 0.0981. The molecule has 0 spiro atoms. The predicted octanol–water partition coefficient (Wildman–Crippen LogP) is 4.02. The molecule has 1 aromatic rings. The fraction of sp³-hybridized carbons (Fsp3) is 0.533. The summed E-state index contributed by atoms with van der Waals surface area (Å²) in [5.74, 6) is 1.09. The smallest absolute Gasteiger partial charge is 0.163 e. The molecular formula is C15H22O2. The van der Waals surface area contributed by atoms with Crippen LogP contribution in [0.2, 0.25) is 0 Å². The van der Waals surface area contributed by atoms with Crippen LogP contribution in [0, 0.1) is 0 Å². The minimum atomic E-state index is 0.164.